The van der Waals surface area contributed by atoms with Crippen molar-refractivity contribution in [3.63, 3.8) is 0 Å². The van der Waals surface area contributed by atoms with Crippen LogP contribution >= 0.6 is 0 Å². The Morgan fingerprint density at radius 2 is 1.67 bits per heavy atom. The lowest BCUT2D eigenvalue weighted by Gasteiger charge is -2.29. The van der Waals surface area contributed by atoms with Crippen molar-refractivity contribution in [1.29, 1.82) is 0 Å². The van der Waals surface area contributed by atoms with Crippen LogP contribution < -0.4 is 10.1 Å². The fourth-order valence-electron chi connectivity index (χ4n) is 3.57. The smallest absolute Gasteiger partial charge is 0.242 e. The van der Waals surface area contributed by atoms with E-state index in [1.54, 1.807) is 18.9 Å². The molecule has 1 unspecified atom stereocenters. The van der Waals surface area contributed by atoms with Crippen molar-refractivity contribution in [3.8, 4) is 5.75 Å². The molecule has 0 aromatic heterocycles. The molecule has 1 atom stereocenters. The maximum atomic E-state index is 13.3. The highest BCUT2D eigenvalue weighted by atomic mass is 16.5. The van der Waals surface area contributed by atoms with Gasteiger partial charge < -0.3 is 15.0 Å². The summed E-state index contributed by atoms with van der Waals surface area (Å²) in [6, 6.07) is 15.5. The lowest BCUT2D eigenvalue weighted by atomic mass is 9.86. The van der Waals surface area contributed by atoms with Gasteiger partial charge >= 0.3 is 0 Å². The zero-order valence-corrected chi connectivity index (χ0v) is 21.3. The fraction of sp³-hybridized carbons (Fsp3) is 0.500. The van der Waals surface area contributed by atoms with Gasteiger partial charge in [0.05, 0.1) is 7.11 Å². The largest absolute Gasteiger partial charge is 0.497 e. The van der Waals surface area contributed by atoms with Crippen LogP contribution in [-0.4, -0.2) is 36.4 Å². The number of carbonyl (C=O) groups excluding carboxylic acids is 2. The molecule has 0 fully saturated rings. The number of rotatable bonds is 10. The first kappa shape index (κ1) is 26.4. The number of hydrogen-bond donors (Lipinski definition) is 1. The normalized spacial score (nSPS) is 12.4. The van der Waals surface area contributed by atoms with E-state index in [4.69, 9.17) is 4.74 Å². The maximum Gasteiger partial charge on any atom is 0.242 e. The Bertz CT molecular complexity index is 913. The topological polar surface area (TPSA) is 58.6 Å². The van der Waals surface area contributed by atoms with Crippen LogP contribution in [0.3, 0.4) is 0 Å². The van der Waals surface area contributed by atoms with Gasteiger partial charge in [-0.05, 0) is 53.5 Å². The van der Waals surface area contributed by atoms with Crippen LogP contribution in [0.25, 0.3) is 0 Å². The Labute approximate surface area is 199 Å². The molecule has 2 aromatic rings. The zero-order chi connectivity index (χ0) is 24.6. The third kappa shape index (κ3) is 8.23. The van der Waals surface area contributed by atoms with Gasteiger partial charge in [-0.2, -0.15) is 0 Å². The van der Waals surface area contributed by atoms with Gasteiger partial charge in [0, 0.05) is 19.5 Å². The minimum Gasteiger partial charge on any atom is -0.497 e. The SMILES string of the molecule is COc1cccc(CN(C(=O)CCc2ccc(C(C)(C)C)cc2)C(C)C(=O)NCC(C)C)c1. The summed E-state index contributed by atoms with van der Waals surface area (Å²) >= 11 is 0. The number of nitrogens with one attached hydrogen (secondary N) is 1. The molecule has 0 aliphatic rings. The molecule has 5 nitrogen and oxygen atoms in total. The molecule has 0 saturated heterocycles. The average Bonchev–Trinajstić information content (AvgIpc) is 2.78. The van der Waals surface area contributed by atoms with E-state index in [-0.39, 0.29) is 17.2 Å². The van der Waals surface area contributed by atoms with Crippen LogP contribution in [0, 0.1) is 5.92 Å². The van der Waals surface area contributed by atoms with Gasteiger partial charge in [0.2, 0.25) is 11.8 Å². The molecule has 0 aliphatic carbocycles. The second kappa shape index (κ2) is 11.9. The number of aryl methyl sites for hydroxylation is 1. The Morgan fingerprint density at radius 1 is 1.00 bits per heavy atom. The molecule has 33 heavy (non-hydrogen) atoms. The van der Waals surface area contributed by atoms with Crippen molar-refractivity contribution in [2.45, 2.75) is 72.4 Å². The molecule has 0 bridgehead atoms. The first-order valence-electron chi connectivity index (χ1n) is 11.8. The van der Waals surface area contributed by atoms with Gasteiger partial charge in [-0.1, -0.05) is 71.0 Å². The predicted octanol–water partition coefficient (Wildman–Crippen LogP) is 5.11. The highest BCUT2D eigenvalue weighted by Gasteiger charge is 2.26. The van der Waals surface area contributed by atoms with Crippen LogP contribution in [-0.2, 0) is 28.0 Å². The number of ether oxygens (including phenoxy) is 1. The molecule has 2 aromatic carbocycles. The number of nitrogens with zero attached hydrogens (tertiary/aromatic N) is 1. The Balaban J connectivity index is 2.14. The summed E-state index contributed by atoms with van der Waals surface area (Å²) in [5, 5.41) is 2.96. The lowest BCUT2D eigenvalue weighted by molar-refractivity contribution is -0.140. The number of hydrogen-bond acceptors (Lipinski definition) is 3. The van der Waals surface area contributed by atoms with Crippen molar-refractivity contribution in [2.75, 3.05) is 13.7 Å². The molecule has 0 aliphatic heterocycles. The molecule has 0 radical (unpaired) electrons. The number of methoxy groups -OCH3 is 1. The summed E-state index contributed by atoms with van der Waals surface area (Å²) in [5.41, 5.74) is 3.42. The maximum absolute atomic E-state index is 13.3. The Hall–Kier alpha value is -2.82. The van der Waals surface area contributed by atoms with Crippen LogP contribution in [0.4, 0.5) is 0 Å². The van der Waals surface area contributed by atoms with E-state index in [1.807, 2.05) is 24.3 Å². The van der Waals surface area contributed by atoms with E-state index in [2.05, 4.69) is 64.2 Å². The number of carbonyl (C=O) groups is 2. The van der Waals surface area contributed by atoms with Gasteiger partial charge in [-0.25, -0.2) is 0 Å². The van der Waals surface area contributed by atoms with Crippen molar-refractivity contribution in [3.05, 3.63) is 65.2 Å². The number of amides is 2. The minimum absolute atomic E-state index is 0.0371. The Kier molecular flexibility index (Phi) is 9.51. The van der Waals surface area contributed by atoms with E-state index in [9.17, 15) is 9.59 Å². The molecule has 1 N–H and O–H groups in total. The van der Waals surface area contributed by atoms with E-state index in [0.717, 1.165) is 16.9 Å². The second-order valence-electron chi connectivity index (χ2n) is 10.1. The molecule has 0 spiro atoms. The van der Waals surface area contributed by atoms with E-state index in [0.29, 0.717) is 31.8 Å². The van der Waals surface area contributed by atoms with Crippen LogP contribution in [0.1, 0.15) is 64.7 Å². The summed E-state index contributed by atoms with van der Waals surface area (Å²) in [7, 11) is 1.62. The molecule has 0 heterocycles. The fourth-order valence-corrected chi connectivity index (χ4v) is 3.57. The van der Waals surface area contributed by atoms with Crippen molar-refractivity contribution < 1.29 is 14.3 Å². The third-order valence-electron chi connectivity index (χ3n) is 5.79. The summed E-state index contributed by atoms with van der Waals surface area (Å²) < 4.78 is 5.33. The van der Waals surface area contributed by atoms with Gasteiger partial charge in [-0.3, -0.25) is 9.59 Å². The molecule has 0 saturated carbocycles. The first-order valence-corrected chi connectivity index (χ1v) is 11.8. The molecule has 180 valence electrons. The summed E-state index contributed by atoms with van der Waals surface area (Å²) in [4.78, 5) is 27.8. The molecule has 2 rings (SSSR count). The van der Waals surface area contributed by atoms with Crippen LogP contribution in [0.2, 0.25) is 0 Å². The summed E-state index contributed by atoms with van der Waals surface area (Å²) in [5.74, 6) is 0.912. The lowest BCUT2D eigenvalue weighted by Crippen LogP contribution is -2.48. The van der Waals surface area contributed by atoms with Crippen molar-refractivity contribution in [2.24, 2.45) is 5.92 Å². The molecule has 2 amide bonds. The number of benzene rings is 2. The van der Waals surface area contributed by atoms with Gasteiger partial charge in [0.25, 0.3) is 0 Å². The van der Waals surface area contributed by atoms with Gasteiger partial charge in [-0.15, -0.1) is 0 Å². The van der Waals surface area contributed by atoms with Crippen molar-refractivity contribution >= 4 is 11.8 Å². The van der Waals surface area contributed by atoms with Crippen LogP contribution in [0.5, 0.6) is 5.75 Å². The molecular formula is C28H40N2O3. The van der Waals surface area contributed by atoms with E-state index >= 15 is 0 Å². The summed E-state index contributed by atoms with van der Waals surface area (Å²) in [6.07, 6.45) is 0.985. The summed E-state index contributed by atoms with van der Waals surface area (Å²) in [6.45, 7) is 13.4. The quantitative estimate of drug-likeness (QED) is 0.545. The highest BCUT2D eigenvalue weighted by Crippen LogP contribution is 2.23. The monoisotopic (exact) mass is 452 g/mol. The van der Waals surface area contributed by atoms with Gasteiger partial charge in [0.1, 0.15) is 11.8 Å². The predicted molar refractivity (Wildman–Crippen MR) is 134 cm³/mol. The van der Waals surface area contributed by atoms with Crippen molar-refractivity contribution in [1.82, 2.24) is 10.2 Å². The van der Waals surface area contributed by atoms with E-state index < -0.39 is 6.04 Å². The first-order chi connectivity index (χ1) is 15.5. The molecule has 5 heteroatoms. The highest BCUT2D eigenvalue weighted by molar-refractivity contribution is 5.87. The zero-order valence-electron chi connectivity index (χ0n) is 21.3. The van der Waals surface area contributed by atoms with E-state index in [1.165, 1.54) is 5.56 Å². The minimum atomic E-state index is -0.564. The average molecular weight is 453 g/mol. The van der Waals surface area contributed by atoms with Gasteiger partial charge in [0.15, 0.2) is 0 Å². The van der Waals surface area contributed by atoms with Crippen LogP contribution in [0.15, 0.2) is 48.5 Å². The second-order valence-corrected chi connectivity index (χ2v) is 10.1. The standard InChI is InChI=1S/C28H40N2O3/c1-20(2)18-29-27(32)21(3)30(19-23-9-8-10-25(17-23)33-7)26(31)16-13-22-11-14-24(15-12-22)28(4,5)6/h8-12,14-15,17,20-21H,13,16,18-19H2,1-7H3,(H,29,32). The third-order valence-corrected chi connectivity index (χ3v) is 5.79. The molecular weight excluding hydrogens is 412 g/mol. The Morgan fingerprint density at radius 3 is 2.24 bits per heavy atom.